The quantitative estimate of drug-likeness (QED) is 0.235. The number of aldehydes is 1. The number of benzene rings is 3. The van der Waals surface area contributed by atoms with Crippen molar-refractivity contribution in [2.45, 2.75) is 0 Å². The van der Waals surface area contributed by atoms with E-state index >= 15 is 0 Å². The summed E-state index contributed by atoms with van der Waals surface area (Å²) in [6, 6.07) is 18.5. The summed E-state index contributed by atoms with van der Waals surface area (Å²) in [4.78, 5) is 49.3. The minimum Gasteiger partial charge on any atom is -0.423 e. The van der Waals surface area contributed by atoms with Crippen LogP contribution in [0.4, 0.5) is 11.4 Å². The van der Waals surface area contributed by atoms with E-state index in [2.05, 4.69) is 5.32 Å². The Bertz CT molecular complexity index is 1300. The van der Waals surface area contributed by atoms with E-state index in [1.165, 1.54) is 42.5 Å². The number of nitrogens with one attached hydrogen (secondary N) is 1. The average Bonchev–Trinajstić information content (AvgIpc) is 3.03. The van der Waals surface area contributed by atoms with Crippen LogP contribution < -0.4 is 15.0 Å². The first-order valence-electron chi connectivity index (χ1n) is 9.56. The number of amides is 2. The number of carbonyl (C=O) groups is 4. The first-order chi connectivity index (χ1) is 15.9. The second kappa shape index (κ2) is 9.28. The molecule has 0 saturated carbocycles. The van der Waals surface area contributed by atoms with Crippen molar-refractivity contribution in [2.75, 3.05) is 10.2 Å². The Morgan fingerprint density at radius 2 is 1.61 bits per heavy atom. The topological polar surface area (TPSA) is 92.8 Å². The number of rotatable bonds is 6. The lowest BCUT2D eigenvalue weighted by Crippen LogP contribution is -2.32. The summed E-state index contributed by atoms with van der Waals surface area (Å²) >= 11 is 12.1. The van der Waals surface area contributed by atoms with Crippen LogP contribution in [0.25, 0.3) is 0 Å². The Kier molecular flexibility index (Phi) is 6.26. The number of anilines is 2. The summed E-state index contributed by atoms with van der Waals surface area (Å²) in [5.74, 6) is -1.61. The second-order valence-corrected chi connectivity index (χ2v) is 7.71. The highest BCUT2D eigenvalue weighted by atomic mass is 35.5. The van der Waals surface area contributed by atoms with Crippen LogP contribution in [0.5, 0.6) is 5.75 Å². The Hall–Kier alpha value is -3.94. The lowest BCUT2D eigenvalue weighted by Gasteiger charge is -2.15. The van der Waals surface area contributed by atoms with Crippen molar-refractivity contribution in [2.24, 2.45) is 0 Å². The van der Waals surface area contributed by atoms with Gasteiger partial charge in [-0.2, -0.15) is 0 Å². The summed E-state index contributed by atoms with van der Waals surface area (Å²) in [5, 5.41) is 2.94. The number of ether oxygens (including phenoxy) is 1. The Morgan fingerprint density at radius 1 is 0.909 bits per heavy atom. The number of halogens is 2. The molecular formula is C24H14Cl2N2O5. The van der Waals surface area contributed by atoms with Crippen LogP contribution in [0.15, 0.2) is 83.5 Å². The van der Waals surface area contributed by atoms with Gasteiger partial charge in [-0.25, -0.2) is 9.69 Å². The predicted molar refractivity (Wildman–Crippen MR) is 124 cm³/mol. The van der Waals surface area contributed by atoms with E-state index in [4.69, 9.17) is 27.9 Å². The van der Waals surface area contributed by atoms with Gasteiger partial charge in [-0.1, -0.05) is 29.3 Å². The zero-order chi connectivity index (χ0) is 23.5. The number of nitrogens with zero attached hydrogens (tertiary/aromatic N) is 1. The fourth-order valence-corrected chi connectivity index (χ4v) is 3.47. The average molecular weight is 481 g/mol. The van der Waals surface area contributed by atoms with E-state index in [-0.39, 0.29) is 16.3 Å². The number of hydrogen-bond acceptors (Lipinski definition) is 6. The van der Waals surface area contributed by atoms with Gasteiger partial charge in [0.15, 0.2) is 0 Å². The highest BCUT2D eigenvalue weighted by molar-refractivity contribution is 6.53. The highest BCUT2D eigenvalue weighted by Gasteiger charge is 2.39. The molecule has 9 heteroatoms. The predicted octanol–water partition coefficient (Wildman–Crippen LogP) is 4.81. The van der Waals surface area contributed by atoms with Crippen molar-refractivity contribution in [3.63, 3.8) is 0 Å². The van der Waals surface area contributed by atoms with Crippen LogP contribution in [-0.2, 0) is 9.59 Å². The summed E-state index contributed by atoms with van der Waals surface area (Å²) in [5.41, 5.74) is 1.37. The molecule has 4 rings (SSSR count). The summed E-state index contributed by atoms with van der Waals surface area (Å²) < 4.78 is 5.27. The molecule has 1 aliphatic rings. The zero-order valence-electron chi connectivity index (χ0n) is 16.7. The van der Waals surface area contributed by atoms with Crippen molar-refractivity contribution >= 4 is 58.6 Å². The summed E-state index contributed by atoms with van der Waals surface area (Å²) in [6.07, 6.45) is 0.690. The van der Waals surface area contributed by atoms with E-state index in [0.717, 1.165) is 4.90 Å². The fraction of sp³-hybridized carbons (Fsp3) is 0. The SMILES string of the molecule is O=Cc1ccc(OC(=O)c2ccc(NC3=C(Cl)C(=O)N(c4cccc(Cl)c4)C3=O)cc2)cc1. The molecule has 1 heterocycles. The van der Waals surface area contributed by atoms with E-state index in [1.807, 2.05) is 0 Å². The van der Waals surface area contributed by atoms with E-state index < -0.39 is 17.8 Å². The first-order valence-corrected chi connectivity index (χ1v) is 10.3. The van der Waals surface area contributed by atoms with Crippen LogP contribution in [0.3, 0.4) is 0 Å². The molecule has 0 unspecified atom stereocenters. The van der Waals surface area contributed by atoms with Gasteiger partial charge in [0.2, 0.25) is 0 Å². The van der Waals surface area contributed by atoms with Crippen LogP contribution in [0.2, 0.25) is 5.02 Å². The molecule has 7 nitrogen and oxygen atoms in total. The van der Waals surface area contributed by atoms with Gasteiger partial charge in [0.25, 0.3) is 11.8 Å². The molecule has 33 heavy (non-hydrogen) atoms. The standard InChI is InChI=1S/C24H14Cl2N2O5/c25-16-2-1-3-18(12-16)28-22(30)20(26)21(23(28)31)27-17-8-6-15(7-9-17)24(32)33-19-10-4-14(13-29)5-11-19/h1-13,27H. The third kappa shape index (κ3) is 4.64. The van der Waals surface area contributed by atoms with Crippen LogP contribution in [0.1, 0.15) is 20.7 Å². The minimum atomic E-state index is -0.674. The molecule has 0 aliphatic carbocycles. The monoisotopic (exact) mass is 480 g/mol. The maximum atomic E-state index is 12.8. The van der Waals surface area contributed by atoms with E-state index in [9.17, 15) is 19.2 Å². The molecule has 0 fully saturated rings. The normalized spacial score (nSPS) is 13.3. The van der Waals surface area contributed by atoms with Gasteiger partial charge in [-0.05, 0) is 66.7 Å². The molecule has 0 bridgehead atoms. The van der Waals surface area contributed by atoms with Gasteiger partial charge < -0.3 is 10.1 Å². The molecule has 0 aromatic heterocycles. The Morgan fingerprint density at radius 3 is 2.24 bits per heavy atom. The minimum absolute atomic E-state index is 0.0905. The smallest absolute Gasteiger partial charge is 0.343 e. The van der Waals surface area contributed by atoms with E-state index in [1.54, 1.807) is 30.3 Å². The van der Waals surface area contributed by atoms with Crippen molar-refractivity contribution in [1.29, 1.82) is 0 Å². The summed E-state index contributed by atoms with van der Waals surface area (Å²) in [6.45, 7) is 0. The molecular weight excluding hydrogens is 467 g/mol. The van der Waals surface area contributed by atoms with Crippen LogP contribution in [0, 0.1) is 0 Å². The van der Waals surface area contributed by atoms with Gasteiger partial charge in [-0.15, -0.1) is 0 Å². The van der Waals surface area contributed by atoms with Crippen molar-refractivity contribution in [1.82, 2.24) is 0 Å². The van der Waals surface area contributed by atoms with Crippen molar-refractivity contribution < 1.29 is 23.9 Å². The maximum Gasteiger partial charge on any atom is 0.343 e. The molecule has 2 amide bonds. The number of carbonyl (C=O) groups excluding carboxylic acids is 4. The number of imide groups is 1. The Labute approximate surface area is 198 Å². The fourth-order valence-electron chi connectivity index (χ4n) is 3.08. The molecule has 0 spiro atoms. The van der Waals surface area contributed by atoms with Crippen molar-refractivity contribution in [3.8, 4) is 5.75 Å². The highest BCUT2D eigenvalue weighted by Crippen LogP contribution is 2.31. The molecule has 0 radical (unpaired) electrons. The van der Waals surface area contributed by atoms with Gasteiger partial charge in [0.05, 0.1) is 11.3 Å². The van der Waals surface area contributed by atoms with Crippen LogP contribution in [-0.4, -0.2) is 24.1 Å². The number of hydrogen-bond donors (Lipinski definition) is 1. The summed E-state index contributed by atoms with van der Waals surface area (Å²) in [7, 11) is 0. The van der Waals surface area contributed by atoms with Crippen molar-refractivity contribution in [3.05, 3.63) is 99.7 Å². The van der Waals surface area contributed by atoms with Gasteiger partial charge in [0, 0.05) is 16.3 Å². The number of esters is 1. The van der Waals surface area contributed by atoms with Crippen LogP contribution >= 0.6 is 23.2 Å². The molecule has 3 aromatic rings. The molecule has 0 saturated heterocycles. The van der Waals surface area contributed by atoms with Gasteiger partial charge in [0.1, 0.15) is 22.8 Å². The molecule has 0 atom stereocenters. The van der Waals surface area contributed by atoms with E-state index in [0.29, 0.717) is 34.0 Å². The molecule has 1 N–H and O–H groups in total. The molecule has 164 valence electrons. The molecule has 1 aliphatic heterocycles. The second-order valence-electron chi connectivity index (χ2n) is 6.89. The maximum absolute atomic E-state index is 12.8. The Balaban J connectivity index is 1.47. The van der Waals surface area contributed by atoms with Gasteiger partial charge >= 0.3 is 5.97 Å². The lowest BCUT2D eigenvalue weighted by molar-refractivity contribution is -0.120. The third-order valence-electron chi connectivity index (χ3n) is 4.71. The lowest BCUT2D eigenvalue weighted by atomic mass is 10.2. The van der Waals surface area contributed by atoms with Gasteiger partial charge in [-0.3, -0.25) is 14.4 Å². The zero-order valence-corrected chi connectivity index (χ0v) is 18.3. The molecule has 3 aromatic carbocycles. The largest absolute Gasteiger partial charge is 0.423 e. The third-order valence-corrected chi connectivity index (χ3v) is 5.30. The first kappa shape index (κ1) is 22.3.